The first kappa shape index (κ1) is 20.6. The van der Waals surface area contributed by atoms with Crippen LogP contribution in [0.25, 0.3) is 5.69 Å². The molecule has 1 heterocycles. The zero-order valence-corrected chi connectivity index (χ0v) is 16.2. The lowest BCUT2D eigenvalue weighted by molar-refractivity contribution is -0.137. The van der Waals surface area contributed by atoms with Crippen LogP contribution in [0.3, 0.4) is 0 Å². The average Bonchev–Trinajstić information content (AvgIpc) is 3.02. The van der Waals surface area contributed by atoms with Crippen LogP contribution in [0, 0.1) is 6.92 Å². The topological polar surface area (TPSA) is 81.1 Å². The van der Waals surface area contributed by atoms with Gasteiger partial charge in [0.2, 0.25) is 0 Å². The van der Waals surface area contributed by atoms with E-state index < -0.39 is 27.5 Å². The third-order valence-electron chi connectivity index (χ3n) is 4.23. The Bertz CT molecular complexity index is 1170. The molecule has 3 aromatic rings. The number of para-hydroxylation sites is 1. The van der Waals surface area contributed by atoms with E-state index in [1.807, 2.05) is 0 Å². The molecule has 1 N–H and O–H groups in total. The van der Waals surface area contributed by atoms with E-state index in [1.165, 1.54) is 54.0 Å². The second kappa shape index (κ2) is 7.36. The van der Waals surface area contributed by atoms with Gasteiger partial charge in [0.1, 0.15) is 12.0 Å². The molecule has 0 fully saturated rings. The molecule has 3 rings (SSSR count). The first-order valence-corrected chi connectivity index (χ1v) is 10.2. The van der Waals surface area contributed by atoms with E-state index in [-0.39, 0.29) is 22.0 Å². The lowest BCUT2D eigenvalue weighted by Gasteiger charge is -2.14. The second-order valence-electron chi connectivity index (χ2n) is 6.31. The lowest BCUT2D eigenvalue weighted by atomic mass is 10.1. The summed E-state index contributed by atoms with van der Waals surface area (Å²) in [6.07, 6.45) is -2.34. The number of alkyl halides is 3. The minimum Gasteiger partial charge on any atom is -0.321 e. The predicted octanol–water partition coefficient (Wildman–Crippen LogP) is 3.86. The number of carbonyl (C=O) groups excluding carboxylic acids is 1. The van der Waals surface area contributed by atoms with Gasteiger partial charge in [-0.3, -0.25) is 4.79 Å². The van der Waals surface area contributed by atoms with Gasteiger partial charge >= 0.3 is 6.18 Å². The molecule has 1 aromatic heterocycles. The van der Waals surface area contributed by atoms with Gasteiger partial charge in [0.05, 0.1) is 21.8 Å². The largest absolute Gasteiger partial charge is 0.418 e. The number of nitrogens with zero attached hydrogens (tertiary/aromatic N) is 2. The molecule has 0 bridgehead atoms. The number of imidazole rings is 1. The molecule has 0 spiro atoms. The number of hydrogen-bond donors (Lipinski definition) is 1. The first-order chi connectivity index (χ1) is 13.5. The summed E-state index contributed by atoms with van der Waals surface area (Å²) in [5, 5.41) is 2.56. The summed E-state index contributed by atoms with van der Waals surface area (Å²) >= 11 is 0. The van der Waals surface area contributed by atoms with Gasteiger partial charge in [0.15, 0.2) is 9.84 Å². The van der Waals surface area contributed by atoms with E-state index >= 15 is 0 Å². The van der Waals surface area contributed by atoms with Crippen LogP contribution >= 0.6 is 0 Å². The Labute approximate surface area is 164 Å². The SMILES string of the molecule is Cc1c(C(=O)Nc2ccc(S(C)(=O)=O)cc2)ncn1-c1ccccc1C(F)(F)F. The maximum absolute atomic E-state index is 13.3. The van der Waals surface area contributed by atoms with Gasteiger partial charge in [-0.1, -0.05) is 12.1 Å². The molecule has 10 heteroatoms. The Balaban J connectivity index is 1.89. The Hall–Kier alpha value is -3.14. The smallest absolute Gasteiger partial charge is 0.321 e. The van der Waals surface area contributed by atoms with Crippen LogP contribution in [0.15, 0.2) is 59.8 Å². The summed E-state index contributed by atoms with van der Waals surface area (Å²) in [6, 6.07) is 10.5. The lowest BCUT2D eigenvalue weighted by Crippen LogP contribution is -2.15. The molecule has 0 saturated heterocycles. The van der Waals surface area contributed by atoms with Crippen LogP contribution in [0.5, 0.6) is 0 Å². The van der Waals surface area contributed by atoms with Crippen molar-refractivity contribution in [1.82, 2.24) is 9.55 Å². The van der Waals surface area contributed by atoms with Gasteiger partial charge in [0.25, 0.3) is 5.91 Å². The fourth-order valence-electron chi connectivity index (χ4n) is 2.77. The van der Waals surface area contributed by atoms with E-state index in [2.05, 4.69) is 10.3 Å². The van der Waals surface area contributed by atoms with Crippen molar-refractivity contribution in [2.75, 3.05) is 11.6 Å². The quantitative estimate of drug-likeness (QED) is 0.691. The van der Waals surface area contributed by atoms with E-state index in [0.29, 0.717) is 5.69 Å². The van der Waals surface area contributed by atoms with Crippen molar-refractivity contribution in [3.05, 3.63) is 71.8 Å². The number of amides is 1. The molecule has 6 nitrogen and oxygen atoms in total. The van der Waals surface area contributed by atoms with Crippen molar-refractivity contribution < 1.29 is 26.4 Å². The molecular weight excluding hydrogens is 407 g/mol. The van der Waals surface area contributed by atoms with Crippen molar-refractivity contribution >= 4 is 21.4 Å². The first-order valence-electron chi connectivity index (χ1n) is 8.30. The summed E-state index contributed by atoms with van der Waals surface area (Å²) < 4.78 is 64.0. The summed E-state index contributed by atoms with van der Waals surface area (Å²) in [5.74, 6) is -0.627. The van der Waals surface area contributed by atoms with Crippen LogP contribution in [-0.4, -0.2) is 30.1 Å². The van der Waals surface area contributed by atoms with Gasteiger partial charge in [-0.25, -0.2) is 13.4 Å². The predicted molar refractivity (Wildman–Crippen MR) is 101 cm³/mol. The van der Waals surface area contributed by atoms with Crippen LogP contribution in [0.2, 0.25) is 0 Å². The maximum Gasteiger partial charge on any atom is 0.418 e. The normalized spacial score (nSPS) is 12.0. The monoisotopic (exact) mass is 423 g/mol. The Morgan fingerprint density at radius 2 is 1.69 bits per heavy atom. The Kier molecular flexibility index (Phi) is 5.22. The highest BCUT2D eigenvalue weighted by atomic mass is 32.2. The van der Waals surface area contributed by atoms with Crippen molar-refractivity contribution in [3.63, 3.8) is 0 Å². The summed E-state index contributed by atoms with van der Waals surface area (Å²) in [4.78, 5) is 16.6. The number of rotatable bonds is 4. The number of carbonyl (C=O) groups is 1. The van der Waals surface area contributed by atoms with Crippen LogP contribution < -0.4 is 5.32 Å². The standard InChI is InChI=1S/C19H16F3N3O3S/c1-12-17(18(26)24-13-7-9-14(10-8-13)29(2,27)28)23-11-25(12)16-6-4-3-5-15(16)19(20,21)22/h3-11H,1-2H3,(H,24,26). The molecule has 29 heavy (non-hydrogen) atoms. The minimum absolute atomic E-state index is 0.0471. The molecule has 152 valence electrons. The maximum atomic E-state index is 13.3. The van der Waals surface area contributed by atoms with E-state index in [9.17, 15) is 26.4 Å². The van der Waals surface area contributed by atoms with Gasteiger partial charge in [0, 0.05) is 11.9 Å². The Morgan fingerprint density at radius 3 is 2.28 bits per heavy atom. The highest BCUT2D eigenvalue weighted by Gasteiger charge is 2.34. The average molecular weight is 423 g/mol. The zero-order valence-electron chi connectivity index (χ0n) is 15.4. The van der Waals surface area contributed by atoms with Crippen LogP contribution in [-0.2, 0) is 16.0 Å². The zero-order chi connectivity index (χ0) is 21.4. The minimum atomic E-state index is -4.56. The van der Waals surface area contributed by atoms with Crippen molar-refractivity contribution in [3.8, 4) is 5.69 Å². The van der Waals surface area contributed by atoms with Crippen molar-refractivity contribution in [2.45, 2.75) is 18.0 Å². The summed E-state index contributed by atoms with van der Waals surface area (Å²) in [7, 11) is -3.37. The molecule has 0 aliphatic carbocycles. The number of halogens is 3. The summed E-state index contributed by atoms with van der Waals surface area (Å²) in [6.45, 7) is 1.49. The highest BCUT2D eigenvalue weighted by Crippen LogP contribution is 2.34. The molecule has 0 saturated carbocycles. The second-order valence-corrected chi connectivity index (χ2v) is 8.33. The fourth-order valence-corrected chi connectivity index (χ4v) is 3.41. The fraction of sp³-hybridized carbons (Fsp3) is 0.158. The molecule has 2 aromatic carbocycles. The molecule has 0 atom stereocenters. The van der Waals surface area contributed by atoms with E-state index in [4.69, 9.17) is 0 Å². The van der Waals surface area contributed by atoms with Crippen LogP contribution in [0.1, 0.15) is 21.7 Å². The Morgan fingerprint density at radius 1 is 1.07 bits per heavy atom. The highest BCUT2D eigenvalue weighted by molar-refractivity contribution is 7.90. The molecule has 0 radical (unpaired) electrons. The van der Waals surface area contributed by atoms with Crippen LogP contribution in [0.4, 0.5) is 18.9 Å². The number of anilines is 1. The molecule has 1 amide bonds. The molecule has 0 aliphatic rings. The summed E-state index contributed by atoms with van der Waals surface area (Å²) in [5.41, 5.74) is -0.474. The van der Waals surface area contributed by atoms with Crippen molar-refractivity contribution in [1.29, 1.82) is 0 Å². The van der Waals surface area contributed by atoms with Gasteiger partial charge in [-0.2, -0.15) is 13.2 Å². The number of aromatic nitrogens is 2. The third kappa shape index (κ3) is 4.32. The molecular formula is C19H16F3N3O3S. The number of nitrogens with one attached hydrogen (secondary N) is 1. The third-order valence-corrected chi connectivity index (χ3v) is 5.36. The number of hydrogen-bond acceptors (Lipinski definition) is 4. The van der Waals surface area contributed by atoms with Gasteiger partial charge in [-0.05, 0) is 43.3 Å². The van der Waals surface area contributed by atoms with E-state index in [0.717, 1.165) is 18.6 Å². The van der Waals surface area contributed by atoms with Gasteiger partial charge < -0.3 is 9.88 Å². The number of benzene rings is 2. The number of sulfone groups is 1. The van der Waals surface area contributed by atoms with Gasteiger partial charge in [-0.15, -0.1) is 0 Å². The van der Waals surface area contributed by atoms with Crippen molar-refractivity contribution in [2.24, 2.45) is 0 Å². The molecule has 0 aliphatic heterocycles. The molecule has 0 unspecified atom stereocenters. The van der Waals surface area contributed by atoms with E-state index in [1.54, 1.807) is 0 Å².